The van der Waals surface area contributed by atoms with Crippen LogP contribution in [0.4, 0.5) is 0 Å². The van der Waals surface area contributed by atoms with E-state index in [0.29, 0.717) is 11.3 Å². The minimum Gasteiger partial charge on any atom is -0.484 e. The van der Waals surface area contributed by atoms with E-state index in [1.165, 1.54) is 43.5 Å². The molecule has 0 aliphatic carbocycles. The van der Waals surface area contributed by atoms with E-state index >= 15 is 0 Å². The molecule has 10 nitrogen and oxygen atoms in total. The lowest BCUT2D eigenvalue weighted by atomic mass is 10.2. The molecule has 1 heterocycles. The summed E-state index contributed by atoms with van der Waals surface area (Å²) in [5, 5.41) is 2.67. The number of ether oxygens (including phenoxy) is 2. The molecule has 0 saturated heterocycles. The largest absolute Gasteiger partial charge is 0.484 e. The number of benzene rings is 2. The number of hydrogen-bond acceptors (Lipinski definition) is 8. The predicted molar refractivity (Wildman–Crippen MR) is 120 cm³/mol. The normalized spacial score (nSPS) is 10.7. The van der Waals surface area contributed by atoms with E-state index < -0.39 is 21.9 Å². The van der Waals surface area contributed by atoms with Crippen molar-refractivity contribution < 1.29 is 32.3 Å². The Balaban J connectivity index is 1.53. The summed E-state index contributed by atoms with van der Waals surface area (Å²) in [4.78, 5) is 39.3. The van der Waals surface area contributed by atoms with E-state index in [2.05, 4.69) is 15.0 Å². The average molecular weight is 484 g/mol. The first-order chi connectivity index (χ1) is 16.3. The predicted octanol–water partition coefficient (Wildman–Crippen LogP) is 1.68. The number of aromatic nitrogens is 1. The molecule has 0 aliphatic heterocycles. The Morgan fingerprint density at radius 2 is 1.65 bits per heavy atom. The SMILES string of the molecule is COC(=O)c1ccc(C(=O)NS(=O)(=O)c2ccc(CNC(=O)COc3ccccc3)cc2)cn1. The third kappa shape index (κ3) is 6.62. The highest BCUT2D eigenvalue weighted by atomic mass is 32.2. The van der Waals surface area contributed by atoms with Gasteiger partial charge < -0.3 is 14.8 Å². The Kier molecular flexibility index (Phi) is 7.93. The van der Waals surface area contributed by atoms with Gasteiger partial charge in [0.05, 0.1) is 17.6 Å². The van der Waals surface area contributed by atoms with Crippen molar-refractivity contribution in [2.24, 2.45) is 0 Å². The summed E-state index contributed by atoms with van der Waals surface area (Å²) in [5.74, 6) is -1.35. The molecule has 0 radical (unpaired) electrons. The number of rotatable bonds is 9. The summed E-state index contributed by atoms with van der Waals surface area (Å²) < 4.78 is 36.9. The van der Waals surface area contributed by atoms with Gasteiger partial charge in [-0.25, -0.2) is 22.9 Å². The number of nitrogens with one attached hydrogen (secondary N) is 2. The van der Waals surface area contributed by atoms with E-state index in [9.17, 15) is 22.8 Å². The molecule has 0 aliphatic rings. The highest BCUT2D eigenvalue weighted by Crippen LogP contribution is 2.12. The Morgan fingerprint density at radius 1 is 0.941 bits per heavy atom. The van der Waals surface area contributed by atoms with Crippen LogP contribution in [0.25, 0.3) is 0 Å². The quantitative estimate of drug-likeness (QED) is 0.438. The van der Waals surface area contributed by atoms with Crippen molar-refractivity contribution in [3.8, 4) is 5.75 Å². The van der Waals surface area contributed by atoms with E-state index in [1.807, 2.05) is 10.8 Å². The number of hydrogen-bond donors (Lipinski definition) is 2. The standard InChI is InChI=1S/C23H21N3O7S/c1-32-23(29)20-12-9-17(14-24-20)22(28)26-34(30,31)19-10-7-16(8-11-19)13-25-21(27)15-33-18-5-3-2-4-6-18/h2-12,14H,13,15H2,1H3,(H,25,27)(H,26,28). The van der Waals surface area contributed by atoms with Gasteiger partial charge in [-0.15, -0.1) is 0 Å². The van der Waals surface area contributed by atoms with Gasteiger partial charge in [-0.05, 0) is 42.0 Å². The van der Waals surface area contributed by atoms with Crippen molar-refractivity contribution in [3.05, 3.63) is 89.7 Å². The number of methoxy groups -OCH3 is 1. The van der Waals surface area contributed by atoms with Crippen molar-refractivity contribution in [1.82, 2.24) is 15.0 Å². The molecule has 0 fully saturated rings. The zero-order valence-electron chi connectivity index (χ0n) is 18.1. The molecule has 0 spiro atoms. The molecule has 3 aromatic rings. The van der Waals surface area contributed by atoms with Gasteiger partial charge in [-0.3, -0.25) is 9.59 Å². The number of carbonyl (C=O) groups excluding carboxylic acids is 3. The second-order valence-electron chi connectivity index (χ2n) is 6.88. The van der Waals surface area contributed by atoms with Gasteiger partial charge in [-0.2, -0.15) is 0 Å². The van der Waals surface area contributed by atoms with E-state index in [1.54, 1.807) is 24.3 Å². The van der Waals surface area contributed by atoms with Gasteiger partial charge in [-0.1, -0.05) is 30.3 Å². The highest BCUT2D eigenvalue weighted by molar-refractivity contribution is 7.90. The van der Waals surface area contributed by atoms with Crippen LogP contribution in [-0.4, -0.2) is 44.9 Å². The molecule has 2 aromatic carbocycles. The topological polar surface area (TPSA) is 141 Å². The number of esters is 1. The van der Waals surface area contributed by atoms with Crippen LogP contribution in [0.2, 0.25) is 0 Å². The first kappa shape index (κ1) is 24.4. The summed E-state index contributed by atoms with van der Waals surface area (Å²) in [6, 6.07) is 17.1. The monoisotopic (exact) mass is 483 g/mol. The van der Waals surface area contributed by atoms with Crippen molar-refractivity contribution >= 4 is 27.8 Å². The fraction of sp³-hybridized carbons (Fsp3) is 0.130. The fourth-order valence-corrected chi connectivity index (χ4v) is 3.67. The molecule has 0 atom stereocenters. The Labute approximate surface area is 196 Å². The summed E-state index contributed by atoms with van der Waals surface area (Å²) >= 11 is 0. The molecule has 176 valence electrons. The van der Waals surface area contributed by atoms with Gasteiger partial charge in [0.1, 0.15) is 11.4 Å². The smallest absolute Gasteiger partial charge is 0.356 e. The molecule has 34 heavy (non-hydrogen) atoms. The summed E-state index contributed by atoms with van der Waals surface area (Å²) in [5.41, 5.74) is 0.588. The summed E-state index contributed by atoms with van der Waals surface area (Å²) in [6.07, 6.45) is 1.07. The lowest BCUT2D eigenvalue weighted by Crippen LogP contribution is -2.31. The Bertz CT molecular complexity index is 1260. The minimum atomic E-state index is -4.15. The van der Waals surface area contributed by atoms with E-state index in [0.717, 1.165) is 6.20 Å². The fourth-order valence-electron chi connectivity index (χ4n) is 2.70. The minimum absolute atomic E-state index is 0.0174. The molecule has 0 saturated carbocycles. The van der Waals surface area contributed by atoms with Crippen LogP contribution >= 0.6 is 0 Å². The molecular weight excluding hydrogens is 462 g/mol. The van der Waals surface area contributed by atoms with Gasteiger partial charge >= 0.3 is 5.97 Å². The van der Waals surface area contributed by atoms with Crippen LogP contribution in [0.3, 0.4) is 0 Å². The molecule has 2 N–H and O–H groups in total. The lowest BCUT2D eigenvalue weighted by Gasteiger charge is -2.09. The van der Waals surface area contributed by atoms with E-state index in [-0.39, 0.29) is 35.2 Å². The summed E-state index contributed by atoms with van der Waals surface area (Å²) in [6.45, 7) is 0.0137. The maximum Gasteiger partial charge on any atom is 0.356 e. The number of pyridine rings is 1. The van der Waals surface area contributed by atoms with Crippen molar-refractivity contribution in [2.45, 2.75) is 11.4 Å². The van der Waals surface area contributed by atoms with Gasteiger partial charge in [0, 0.05) is 12.7 Å². The van der Waals surface area contributed by atoms with Crippen LogP contribution in [-0.2, 0) is 26.1 Å². The van der Waals surface area contributed by atoms with Crippen molar-refractivity contribution in [1.29, 1.82) is 0 Å². The molecular formula is C23H21N3O7S. The van der Waals surface area contributed by atoms with Crippen LogP contribution in [0.15, 0.2) is 77.8 Å². The van der Waals surface area contributed by atoms with Gasteiger partial charge in [0.15, 0.2) is 6.61 Å². The Hall–Kier alpha value is -4.25. The third-order valence-electron chi connectivity index (χ3n) is 4.48. The van der Waals surface area contributed by atoms with Crippen LogP contribution < -0.4 is 14.8 Å². The molecule has 11 heteroatoms. The van der Waals surface area contributed by atoms with Crippen molar-refractivity contribution in [2.75, 3.05) is 13.7 Å². The number of para-hydroxylation sites is 1. The molecule has 0 bridgehead atoms. The van der Waals surface area contributed by atoms with Crippen LogP contribution in [0, 0.1) is 0 Å². The van der Waals surface area contributed by atoms with E-state index in [4.69, 9.17) is 4.74 Å². The highest BCUT2D eigenvalue weighted by Gasteiger charge is 2.19. The zero-order chi connectivity index (χ0) is 24.6. The maximum absolute atomic E-state index is 12.5. The third-order valence-corrected chi connectivity index (χ3v) is 5.83. The second kappa shape index (κ2) is 11.1. The Morgan fingerprint density at radius 3 is 2.26 bits per heavy atom. The lowest BCUT2D eigenvalue weighted by molar-refractivity contribution is -0.123. The van der Waals surface area contributed by atoms with Gasteiger partial charge in [0.2, 0.25) is 0 Å². The number of amides is 2. The number of nitrogens with zero attached hydrogens (tertiary/aromatic N) is 1. The van der Waals surface area contributed by atoms with Gasteiger partial charge in [0.25, 0.3) is 21.8 Å². The first-order valence-corrected chi connectivity index (χ1v) is 11.4. The van der Waals surface area contributed by atoms with Crippen LogP contribution in [0.5, 0.6) is 5.75 Å². The molecule has 0 unspecified atom stereocenters. The van der Waals surface area contributed by atoms with Crippen LogP contribution in [0.1, 0.15) is 26.4 Å². The van der Waals surface area contributed by atoms with Crippen molar-refractivity contribution in [3.63, 3.8) is 0 Å². The first-order valence-electron chi connectivity index (χ1n) is 9.93. The second-order valence-corrected chi connectivity index (χ2v) is 8.56. The average Bonchev–Trinajstić information content (AvgIpc) is 2.86. The zero-order valence-corrected chi connectivity index (χ0v) is 18.9. The number of sulfonamides is 1. The molecule has 2 amide bonds. The molecule has 3 rings (SSSR count). The number of carbonyl (C=O) groups is 3. The molecule has 1 aromatic heterocycles. The maximum atomic E-state index is 12.5. The summed E-state index contributed by atoms with van der Waals surface area (Å²) in [7, 11) is -2.96.